The van der Waals surface area contributed by atoms with Crippen LogP contribution in [0.4, 0.5) is 34.0 Å². The minimum absolute atomic E-state index is 0.126. The minimum Gasteiger partial charge on any atom is -0.478 e. The minimum atomic E-state index is -1.04. The van der Waals surface area contributed by atoms with E-state index >= 15 is 0 Å². The summed E-state index contributed by atoms with van der Waals surface area (Å²) < 4.78 is 11.0. The maximum atomic E-state index is 13.6. The number of ether oxygens (including phenoxy) is 2. The van der Waals surface area contributed by atoms with Crippen molar-refractivity contribution in [2.45, 2.75) is 0 Å². The highest BCUT2D eigenvalue weighted by Crippen LogP contribution is 2.27. The van der Waals surface area contributed by atoms with Gasteiger partial charge in [0.1, 0.15) is 0 Å². The third-order valence-corrected chi connectivity index (χ3v) is 5.99. The Hall–Kier alpha value is -4.29. The van der Waals surface area contributed by atoms with Crippen LogP contribution in [-0.2, 0) is 9.47 Å². The molecule has 2 aliphatic rings. The van der Waals surface area contributed by atoms with Crippen LogP contribution in [0.25, 0.3) is 0 Å². The largest absolute Gasteiger partial charge is 0.478 e. The molecule has 192 valence electrons. The Bertz CT molecular complexity index is 1190. The van der Waals surface area contributed by atoms with E-state index in [1.54, 1.807) is 12.1 Å². The molecule has 2 fully saturated rings. The number of benzene rings is 2. The first-order valence-corrected chi connectivity index (χ1v) is 12.0. The van der Waals surface area contributed by atoms with Crippen molar-refractivity contribution in [3.63, 3.8) is 0 Å². The molecule has 12 heteroatoms. The van der Waals surface area contributed by atoms with Crippen molar-refractivity contribution in [2.75, 3.05) is 72.6 Å². The van der Waals surface area contributed by atoms with Crippen LogP contribution in [0.1, 0.15) is 10.4 Å². The lowest BCUT2D eigenvalue weighted by Gasteiger charge is -2.31. The molecule has 5 rings (SSSR count). The van der Waals surface area contributed by atoms with Gasteiger partial charge in [-0.2, -0.15) is 15.0 Å². The average molecular weight is 506 g/mol. The molecule has 0 saturated carbocycles. The number of aromatic carboxylic acids is 1. The highest BCUT2D eigenvalue weighted by Gasteiger charge is 2.27. The number of aromatic nitrogens is 3. The van der Waals surface area contributed by atoms with Crippen molar-refractivity contribution in [1.82, 2.24) is 15.0 Å². The van der Waals surface area contributed by atoms with Crippen LogP contribution >= 0.6 is 0 Å². The van der Waals surface area contributed by atoms with Gasteiger partial charge in [-0.3, -0.25) is 0 Å². The number of carboxylic acid groups (broad SMARTS) is 1. The van der Waals surface area contributed by atoms with Gasteiger partial charge in [-0.1, -0.05) is 18.2 Å². The highest BCUT2D eigenvalue weighted by molar-refractivity contribution is 6.06. The van der Waals surface area contributed by atoms with Crippen molar-refractivity contribution in [2.24, 2.45) is 0 Å². The van der Waals surface area contributed by atoms with Gasteiger partial charge in [0, 0.05) is 31.9 Å². The summed E-state index contributed by atoms with van der Waals surface area (Å²) in [6, 6.07) is 14.5. The van der Waals surface area contributed by atoms with E-state index in [1.165, 1.54) is 29.2 Å². The zero-order valence-corrected chi connectivity index (χ0v) is 20.1. The van der Waals surface area contributed by atoms with Crippen LogP contribution in [0, 0.1) is 0 Å². The lowest BCUT2D eigenvalue weighted by atomic mass is 10.2. The van der Waals surface area contributed by atoms with Crippen LogP contribution in [-0.4, -0.2) is 84.7 Å². The third kappa shape index (κ3) is 5.76. The molecule has 12 nitrogen and oxygen atoms in total. The molecule has 0 spiro atoms. The van der Waals surface area contributed by atoms with Crippen LogP contribution in [0.5, 0.6) is 0 Å². The summed E-state index contributed by atoms with van der Waals surface area (Å²) in [4.78, 5) is 44.4. The van der Waals surface area contributed by atoms with Gasteiger partial charge in [0.25, 0.3) is 0 Å². The molecule has 0 unspecified atom stereocenters. The molecule has 2 N–H and O–H groups in total. The Morgan fingerprint density at radius 1 is 0.784 bits per heavy atom. The van der Waals surface area contributed by atoms with E-state index in [4.69, 9.17) is 29.5 Å². The van der Waals surface area contributed by atoms with E-state index in [9.17, 15) is 9.59 Å². The molecule has 2 aromatic carbocycles. The maximum absolute atomic E-state index is 13.6. The smallest absolute Gasteiger partial charge is 0.335 e. The molecule has 2 amide bonds. The molecule has 1 aromatic heterocycles. The van der Waals surface area contributed by atoms with E-state index < -0.39 is 12.0 Å². The number of carbonyl (C=O) groups is 2. The Morgan fingerprint density at radius 2 is 1.32 bits per heavy atom. The second-order valence-electron chi connectivity index (χ2n) is 8.42. The third-order valence-electron chi connectivity index (χ3n) is 5.99. The van der Waals surface area contributed by atoms with E-state index in [-0.39, 0.29) is 11.5 Å². The van der Waals surface area contributed by atoms with Crippen LogP contribution in [0.15, 0.2) is 54.6 Å². The van der Waals surface area contributed by atoms with Gasteiger partial charge in [-0.25, -0.2) is 14.5 Å². The number of amides is 2. The van der Waals surface area contributed by atoms with Crippen molar-refractivity contribution < 1.29 is 24.2 Å². The number of carbonyl (C=O) groups excluding carboxylic acids is 1. The molecule has 0 atom stereocenters. The summed E-state index contributed by atoms with van der Waals surface area (Å²) in [7, 11) is 0. The molecule has 3 heterocycles. The zero-order chi connectivity index (χ0) is 25.6. The number of anilines is 5. The normalized spacial score (nSPS) is 15.8. The number of nitrogens with one attached hydrogen (secondary N) is 1. The number of hydrogen-bond acceptors (Lipinski definition) is 9. The molecule has 0 radical (unpaired) electrons. The molecule has 2 saturated heterocycles. The van der Waals surface area contributed by atoms with Gasteiger partial charge in [-0.15, -0.1) is 0 Å². The summed E-state index contributed by atoms with van der Waals surface area (Å²) in [5.74, 6) is 0.0627. The van der Waals surface area contributed by atoms with Crippen molar-refractivity contribution >= 4 is 41.2 Å². The topological polar surface area (TPSA) is 133 Å². The van der Waals surface area contributed by atoms with Crippen molar-refractivity contribution in [3.8, 4) is 0 Å². The summed E-state index contributed by atoms with van der Waals surface area (Å²) in [6.45, 7) is 4.73. The molecule has 0 bridgehead atoms. The van der Waals surface area contributed by atoms with E-state index in [2.05, 4.69) is 5.32 Å². The predicted octanol–water partition coefficient (Wildman–Crippen LogP) is 2.61. The highest BCUT2D eigenvalue weighted by atomic mass is 16.5. The predicted molar refractivity (Wildman–Crippen MR) is 137 cm³/mol. The summed E-state index contributed by atoms with van der Waals surface area (Å²) in [6.07, 6.45) is 0. The first-order valence-electron chi connectivity index (χ1n) is 12.0. The molecular weight excluding hydrogens is 478 g/mol. The van der Waals surface area contributed by atoms with Crippen LogP contribution < -0.4 is 20.0 Å². The van der Waals surface area contributed by atoms with Gasteiger partial charge < -0.3 is 29.7 Å². The zero-order valence-electron chi connectivity index (χ0n) is 20.1. The van der Waals surface area contributed by atoms with Crippen molar-refractivity contribution in [1.29, 1.82) is 0 Å². The number of carboxylic acids is 1. The van der Waals surface area contributed by atoms with Gasteiger partial charge in [0.05, 0.1) is 37.7 Å². The number of hydrogen-bond donors (Lipinski definition) is 2. The molecule has 3 aromatic rings. The van der Waals surface area contributed by atoms with Gasteiger partial charge in [-0.05, 0) is 36.4 Å². The maximum Gasteiger partial charge on any atom is 0.335 e. The average Bonchev–Trinajstić information content (AvgIpc) is 2.95. The number of nitrogens with zero attached hydrogens (tertiary/aromatic N) is 6. The second kappa shape index (κ2) is 11.2. The van der Waals surface area contributed by atoms with E-state index in [0.717, 1.165) is 0 Å². The fourth-order valence-electron chi connectivity index (χ4n) is 4.03. The quantitative estimate of drug-likeness (QED) is 0.515. The number of para-hydroxylation sites is 1. The fourth-order valence-corrected chi connectivity index (χ4v) is 4.03. The lowest BCUT2D eigenvalue weighted by Crippen LogP contribution is -2.41. The van der Waals surface area contributed by atoms with Crippen LogP contribution in [0.2, 0.25) is 0 Å². The summed E-state index contributed by atoms with van der Waals surface area (Å²) in [5, 5.41) is 12.0. The Balaban J connectivity index is 1.53. The first kappa shape index (κ1) is 24.4. The SMILES string of the molecule is O=C(O)c1ccc(NC(=O)N(c2ccccc2)c2nc(N3CCOCC3)nc(N3CCOCC3)n2)cc1. The number of urea groups is 1. The standard InChI is InChI=1S/C25H27N7O5/c33-21(34)18-6-8-19(9-7-18)26-25(35)32(20-4-2-1-3-5-20)24-28-22(30-10-14-36-15-11-30)27-23(29-24)31-12-16-37-17-13-31/h1-9H,10-17H2,(H,26,35)(H,33,34). The fraction of sp³-hybridized carbons (Fsp3) is 0.320. The van der Waals surface area contributed by atoms with Gasteiger partial charge >= 0.3 is 12.0 Å². The summed E-state index contributed by atoms with van der Waals surface area (Å²) >= 11 is 0. The van der Waals surface area contributed by atoms with E-state index in [0.29, 0.717) is 75.9 Å². The van der Waals surface area contributed by atoms with Crippen LogP contribution in [0.3, 0.4) is 0 Å². The second-order valence-corrected chi connectivity index (χ2v) is 8.42. The van der Waals surface area contributed by atoms with Crippen molar-refractivity contribution in [3.05, 3.63) is 60.2 Å². The Kier molecular flexibility index (Phi) is 7.38. The van der Waals surface area contributed by atoms with Gasteiger partial charge in [0.2, 0.25) is 17.8 Å². The molecule has 0 aliphatic carbocycles. The monoisotopic (exact) mass is 505 g/mol. The molecular formula is C25H27N7O5. The molecule has 2 aliphatic heterocycles. The Labute approximate surface area is 213 Å². The number of morpholine rings is 2. The van der Waals surface area contributed by atoms with E-state index in [1.807, 2.05) is 28.0 Å². The first-order chi connectivity index (χ1) is 18.1. The lowest BCUT2D eigenvalue weighted by molar-refractivity contribution is 0.0697. The Morgan fingerprint density at radius 3 is 1.84 bits per heavy atom. The molecule has 37 heavy (non-hydrogen) atoms. The van der Waals surface area contributed by atoms with Gasteiger partial charge in [0.15, 0.2) is 0 Å². The summed E-state index contributed by atoms with van der Waals surface area (Å²) in [5.41, 5.74) is 1.13. The number of rotatable bonds is 6.